The van der Waals surface area contributed by atoms with Crippen LogP contribution in [0.15, 0.2) is 48.9 Å². The first kappa shape index (κ1) is 19.8. The van der Waals surface area contributed by atoms with E-state index in [4.69, 9.17) is 4.74 Å². The highest BCUT2D eigenvalue weighted by Crippen LogP contribution is 2.26. The van der Waals surface area contributed by atoms with Gasteiger partial charge in [0.25, 0.3) is 0 Å². The Balaban J connectivity index is 1.49. The zero-order chi connectivity index (χ0) is 21.3. The van der Waals surface area contributed by atoms with E-state index >= 15 is 0 Å². The van der Waals surface area contributed by atoms with Crippen molar-refractivity contribution in [1.29, 1.82) is 0 Å². The Morgan fingerprint density at radius 3 is 2.63 bits per heavy atom. The molecule has 1 saturated heterocycles. The molecule has 156 valence electrons. The molecule has 1 unspecified atom stereocenters. The first-order valence-corrected chi connectivity index (χ1v) is 9.75. The van der Waals surface area contributed by atoms with Crippen LogP contribution >= 0.6 is 0 Å². The molecule has 9 heteroatoms. The van der Waals surface area contributed by atoms with Crippen molar-refractivity contribution in [3.05, 3.63) is 54.5 Å². The maximum absolute atomic E-state index is 12.1. The van der Waals surface area contributed by atoms with E-state index in [1.807, 2.05) is 38.5 Å². The van der Waals surface area contributed by atoms with Crippen LogP contribution < -0.4 is 10.2 Å². The number of rotatable bonds is 6. The predicted molar refractivity (Wildman–Crippen MR) is 112 cm³/mol. The Morgan fingerprint density at radius 1 is 1.20 bits per heavy atom. The van der Waals surface area contributed by atoms with Crippen molar-refractivity contribution in [3.63, 3.8) is 0 Å². The SMILES string of the molecule is C[C@H](Nc1nccc(N2C(=O)OCC2[C@@H](C)O)n1)c1ccc(-c2cnn(C)c2)cc1. The van der Waals surface area contributed by atoms with Crippen molar-refractivity contribution >= 4 is 17.9 Å². The van der Waals surface area contributed by atoms with Crippen molar-refractivity contribution in [2.45, 2.75) is 32.0 Å². The Hall–Kier alpha value is -3.46. The number of hydrogen-bond donors (Lipinski definition) is 2. The number of hydrogen-bond acceptors (Lipinski definition) is 7. The minimum atomic E-state index is -0.736. The largest absolute Gasteiger partial charge is 0.447 e. The summed E-state index contributed by atoms with van der Waals surface area (Å²) in [4.78, 5) is 22.2. The van der Waals surface area contributed by atoms with Crippen LogP contribution in [-0.4, -0.2) is 49.7 Å². The van der Waals surface area contributed by atoms with Crippen molar-refractivity contribution in [2.75, 3.05) is 16.8 Å². The van der Waals surface area contributed by atoms with Crippen molar-refractivity contribution in [1.82, 2.24) is 19.7 Å². The first-order chi connectivity index (χ1) is 14.4. The molecule has 0 saturated carbocycles. The molecule has 1 aromatic carbocycles. The molecule has 2 N–H and O–H groups in total. The average molecular weight is 408 g/mol. The van der Waals surface area contributed by atoms with Crippen molar-refractivity contribution in [3.8, 4) is 11.1 Å². The minimum absolute atomic E-state index is 0.0544. The van der Waals surface area contributed by atoms with E-state index in [1.54, 1.807) is 23.9 Å². The van der Waals surface area contributed by atoms with E-state index in [0.29, 0.717) is 11.8 Å². The van der Waals surface area contributed by atoms with Gasteiger partial charge in [0.05, 0.1) is 18.3 Å². The fourth-order valence-corrected chi connectivity index (χ4v) is 3.42. The number of carbonyl (C=O) groups is 1. The second-order valence-electron chi connectivity index (χ2n) is 7.38. The molecule has 1 fully saturated rings. The summed E-state index contributed by atoms with van der Waals surface area (Å²) < 4.78 is 6.85. The van der Waals surface area contributed by atoms with Crippen LogP contribution in [0.1, 0.15) is 25.5 Å². The van der Waals surface area contributed by atoms with Gasteiger partial charge in [-0.1, -0.05) is 24.3 Å². The highest BCUT2D eigenvalue weighted by Gasteiger charge is 2.38. The Kier molecular flexibility index (Phi) is 5.37. The summed E-state index contributed by atoms with van der Waals surface area (Å²) in [5, 5.41) is 17.4. The number of carbonyl (C=O) groups excluding carboxylic acids is 1. The van der Waals surface area contributed by atoms with Crippen LogP contribution in [0.5, 0.6) is 0 Å². The number of nitrogens with zero attached hydrogens (tertiary/aromatic N) is 5. The van der Waals surface area contributed by atoms with Crippen LogP contribution in [0, 0.1) is 0 Å². The smallest absolute Gasteiger partial charge is 0.416 e. The lowest BCUT2D eigenvalue weighted by molar-refractivity contribution is 0.142. The number of nitrogens with one attached hydrogen (secondary N) is 1. The number of aliphatic hydroxyl groups is 1. The van der Waals surface area contributed by atoms with Crippen LogP contribution in [0.2, 0.25) is 0 Å². The molecule has 3 atom stereocenters. The molecule has 1 aliphatic rings. The molecule has 3 aromatic rings. The predicted octanol–water partition coefficient (Wildman–Crippen LogP) is 2.76. The normalized spacial score (nSPS) is 18.2. The van der Waals surface area contributed by atoms with E-state index < -0.39 is 18.2 Å². The summed E-state index contributed by atoms with van der Waals surface area (Å²) in [7, 11) is 1.89. The van der Waals surface area contributed by atoms with Gasteiger partial charge in [0, 0.05) is 25.0 Å². The van der Waals surface area contributed by atoms with E-state index in [9.17, 15) is 9.90 Å². The number of aliphatic hydroxyl groups excluding tert-OH is 1. The summed E-state index contributed by atoms with van der Waals surface area (Å²) in [6.45, 7) is 3.76. The number of anilines is 2. The quantitative estimate of drug-likeness (QED) is 0.646. The fraction of sp³-hybridized carbons (Fsp3) is 0.333. The van der Waals surface area contributed by atoms with Crippen molar-refractivity contribution < 1.29 is 14.6 Å². The zero-order valence-corrected chi connectivity index (χ0v) is 17.1. The van der Waals surface area contributed by atoms with Gasteiger partial charge in [-0.2, -0.15) is 10.1 Å². The molecular formula is C21H24N6O3. The number of cyclic esters (lactones) is 1. The standard InChI is InChI=1S/C21H24N6O3/c1-13(15-4-6-16(7-5-15)17-10-23-26(3)11-17)24-20-22-9-8-19(25-20)27-18(14(2)28)12-30-21(27)29/h4-11,13-14,18,28H,12H2,1-3H3,(H,22,24,25)/t13-,14+,18?/m0/s1. The van der Waals surface area contributed by atoms with Gasteiger partial charge in [-0.3, -0.25) is 9.58 Å². The average Bonchev–Trinajstić information content (AvgIpc) is 3.34. The number of aromatic nitrogens is 4. The van der Waals surface area contributed by atoms with Crippen LogP contribution in [0.25, 0.3) is 11.1 Å². The molecule has 3 heterocycles. The lowest BCUT2D eigenvalue weighted by Crippen LogP contribution is -2.41. The van der Waals surface area contributed by atoms with Crippen LogP contribution in [0.3, 0.4) is 0 Å². The molecule has 30 heavy (non-hydrogen) atoms. The van der Waals surface area contributed by atoms with Gasteiger partial charge in [0.2, 0.25) is 5.95 Å². The van der Waals surface area contributed by atoms with E-state index in [1.165, 1.54) is 4.90 Å². The second-order valence-corrected chi connectivity index (χ2v) is 7.38. The molecule has 0 bridgehead atoms. The lowest BCUT2D eigenvalue weighted by atomic mass is 10.0. The van der Waals surface area contributed by atoms with E-state index in [2.05, 4.69) is 32.5 Å². The van der Waals surface area contributed by atoms with E-state index in [-0.39, 0.29) is 12.6 Å². The van der Waals surface area contributed by atoms with Crippen LogP contribution in [-0.2, 0) is 11.8 Å². The monoisotopic (exact) mass is 408 g/mol. The number of aryl methyl sites for hydroxylation is 1. The lowest BCUT2D eigenvalue weighted by Gasteiger charge is -2.23. The highest BCUT2D eigenvalue weighted by atomic mass is 16.6. The van der Waals surface area contributed by atoms with E-state index in [0.717, 1.165) is 16.7 Å². The van der Waals surface area contributed by atoms with Crippen LogP contribution in [0.4, 0.5) is 16.6 Å². The maximum Gasteiger partial charge on any atom is 0.416 e. The zero-order valence-electron chi connectivity index (χ0n) is 17.1. The van der Waals surface area contributed by atoms with Gasteiger partial charge in [-0.05, 0) is 31.0 Å². The molecule has 0 aliphatic carbocycles. The molecule has 4 rings (SSSR count). The number of benzene rings is 1. The number of amides is 1. The minimum Gasteiger partial charge on any atom is -0.447 e. The Morgan fingerprint density at radius 2 is 1.97 bits per heavy atom. The third kappa shape index (κ3) is 3.97. The Bertz CT molecular complexity index is 1030. The number of ether oxygens (including phenoxy) is 1. The molecule has 0 spiro atoms. The first-order valence-electron chi connectivity index (χ1n) is 9.75. The summed E-state index contributed by atoms with van der Waals surface area (Å²) in [6, 6.07) is 9.29. The fourth-order valence-electron chi connectivity index (χ4n) is 3.42. The maximum atomic E-state index is 12.1. The summed E-state index contributed by atoms with van der Waals surface area (Å²) in [5.41, 5.74) is 3.22. The third-order valence-electron chi connectivity index (χ3n) is 5.14. The van der Waals surface area contributed by atoms with Gasteiger partial charge in [-0.15, -0.1) is 0 Å². The molecule has 9 nitrogen and oxygen atoms in total. The van der Waals surface area contributed by atoms with Crippen molar-refractivity contribution in [2.24, 2.45) is 7.05 Å². The van der Waals surface area contributed by atoms with Gasteiger partial charge in [0.1, 0.15) is 18.5 Å². The highest BCUT2D eigenvalue weighted by molar-refractivity contribution is 5.89. The van der Waals surface area contributed by atoms with Gasteiger partial charge in [-0.25, -0.2) is 9.78 Å². The second kappa shape index (κ2) is 8.11. The summed E-state index contributed by atoms with van der Waals surface area (Å²) >= 11 is 0. The van der Waals surface area contributed by atoms with Gasteiger partial charge < -0.3 is 15.2 Å². The summed E-state index contributed by atoms with van der Waals surface area (Å²) in [5.74, 6) is 0.778. The van der Waals surface area contributed by atoms with Gasteiger partial charge in [0.15, 0.2) is 0 Å². The topological polar surface area (TPSA) is 105 Å². The Labute approximate surface area is 174 Å². The molecular weight excluding hydrogens is 384 g/mol. The third-order valence-corrected chi connectivity index (χ3v) is 5.14. The summed E-state index contributed by atoms with van der Waals surface area (Å²) in [6.07, 6.45) is 4.12. The molecule has 1 amide bonds. The molecule has 0 radical (unpaired) electrons. The molecule has 1 aliphatic heterocycles. The van der Waals surface area contributed by atoms with Gasteiger partial charge >= 0.3 is 6.09 Å². The molecule has 2 aromatic heterocycles.